The van der Waals surface area contributed by atoms with E-state index >= 15 is 0 Å². The van der Waals surface area contributed by atoms with Crippen molar-refractivity contribution in [1.82, 2.24) is 9.97 Å². The van der Waals surface area contributed by atoms with Gasteiger partial charge in [0.15, 0.2) is 11.5 Å². The Morgan fingerprint density at radius 3 is 2.53 bits per heavy atom. The average Bonchev–Trinajstić information content (AvgIpc) is 2.47. The van der Waals surface area contributed by atoms with E-state index in [1.165, 1.54) is 0 Å². The third-order valence-electron chi connectivity index (χ3n) is 2.79. The topological polar surface area (TPSA) is 61.3 Å². The van der Waals surface area contributed by atoms with Crippen molar-refractivity contribution in [2.45, 2.75) is 6.92 Å². The lowest BCUT2D eigenvalue weighted by molar-refractivity contribution is 0.102. The average molecular weight is 256 g/mol. The fourth-order valence-corrected chi connectivity index (χ4v) is 1.82. The lowest BCUT2D eigenvalue weighted by Crippen LogP contribution is -2.16. The molecule has 0 saturated heterocycles. The van der Waals surface area contributed by atoms with Gasteiger partial charge in [0.1, 0.15) is 13.2 Å². The number of hydrogen-bond acceptors (Lipinski definition) is 5. The SMILES string of the molecule is Cc1cnc(C(=O)c2ccc3c(c2)OCCO3)nc1. The molecule has 0 unspecified atom stereocenters. The molecular weight excluding hydrogens is 244 g/mol. The van der Waals surface area contributed by atoms with Crippen molar-refractivity contribution in [3.05, 3.63) is 47.5 Å². The second kappa shape index (κ2) is 4.68. The van der Waals surface area contributed by atoms with Crippen LogP contribution in [-0.4, -0.2) is 29.0 Å². The summed E-state index contributed by atoms with van der Waals surface area (Å²) in [6, 6.07) is 5.09. The minimum atomic E-state index is -0.225. The van der Waals surface area contributed by atoms with Gasteiger partial charge in [-0.3, -0.25) is 4.79 Å². The quantitative estimate of drug-likeness (QED) is 0.766. The molecule has 1 aliphatic heterocycles. The molecule has 0 radical (unpaired) electrons. The van der Waals surface area contributed by atoms with Crippen LogP contribution in [0.4, 0.5) is 0 Å². The van der Waals surface area contributed by atoms with Crippen LogP contribution >= 0.6 is 0 Å². The van der Waals surface area contributed by atoms with Crippen LogP contribution in [0.3, 0.4) is 0 Å². The zero-order valence-corrected chi connectivity index (χ0v) is 10.4. The van der Waals surface area contributed by atoms with Gasteiger partial charge in [-0.1, -0.05) is 0 Å². The molecule has 0 saturated carbocycles. The van der Waals surface area contributed by atoms with E-state index in [4.69, 9.17) is 9.47 Å². The second-order valence-electron chi connectivity index (χ2n) is 4.27. The Balaban J connectivity index is 1.93. The van der Waals surface area contributed by atoms with Gasteiger partial charge in [-0.2, -0.15) is 0 Å². The molecule has 0 aliphatic carbocycles. The third kappa shape index (κ3) is 2.27. The highest BCUT2D eigenvalue weighted by Crippen LogP contribution is 2.31. The highest BCUT2D eigenvalue weighted by molar-refractivity contribution is 6.06. The van der Waals surface area contributed by atoms with E-state index < -0.39 is 0 Å². The fourth-order valence-electron chi connectivity index (χ4n) is 1.82. The molecule has 1 aromatic carbocycles. The van der Waals surface area contributed by atoms with Crippen molar-refractivity contribution in [1.29, 1.82) is 0 Å². The van der Waals surface area contributed by atoms with Gasteiger partial charge < -0.3 is 9.47 Å². The summed E-state index contributed by atoms with van der Waals surface area (Å²) in [5, 5.41) is 0. The molecule has 5 nitrogen and oxygen atoms in total. The molecule has 96 valence electrons. The van der Waals surface area contributed by atoms with Crippen LogP contribution in [0.5, 0.6) is 11.5 Å². The van der Waals surface area contributed by atoms with Gasteiger partial charge in [-0.25, -0.2) is 9.97 Å². The number of benzene rings is 1. The number of aromatic nitrogens is 2. The van der Waals surface area contributed by atoms with Crippen molar-refractivity contribution in [2.24, 2.45) is 0 Å². The number of carbonyl (C=O) groups is 1. The molecule has 0 spiro atoms. The van der Waals surface area contributed by atoms with Gasteiger partial charge >= 0.3 is 0 Å². The summed E-state index contributed by atoms with van der Waals surface area (Å²) in [4.78, 5) is 20.3. The number of rotatable bonds is 2. The molecule has 5 heteroatoms. The first-order valence-electron chi connectivity index (χ1n) is 5.97. The molecular formula is C14H12N2O3. The van der Waals surface area contributed by atoms with Crippen molar-refractivity contribution in [2.75, 3.05) is 13.2 Å². The Morgan fingerprint density at radius 1 is 1.11 bits per heavy atom. The maximum atomic E-state index is 12.2. The summed E-state index contributed by atoms with van der Waals surface area (Å²) in [5.41, 5.74) is 1.41. The summed E-state index contributed by atoms with van der Waals surface area (Å²) < 4.78 is 10.9. The van der Waals surface area contributed by atoms with Crippen molar-refractivity contribution in [3.8, 4) is 11.5 Å². The van der Waals surface area contributed by atoms with Crippen LogP contribution in [0.2, 0.25) is 0 Å². The third-order valence-corrected chi connectivity index (χ3v) is 2.79. The van der Waals surface area contributed by atoms with Gasteiger partial charge in [0.25, 0.3) is 0 Å². The Hall–Kier alpha value is -2.43. The molecule has 19 heavy (non-hydrogen) atoms. The van der Waals surface area contributed by atoms with Crippen LogP contribution in [0.15, 0.2) is 30.6 Å². The lowest BCUT2D eigenvalue weighted by Gasteiger charge is -2.18. The zero-order valence-electron chi connectivity index (χ0n) is 10.4. The summed E-state index contributed by atoms with van der Waals surface area (Å²) in [6.45, 7) is 2.89. The molecule has 2 aromatic rings. The molecule has 0 bridgehead atoms. The predicted molar refractivity (Wildman–Crippen MR) is 67.6 cm³/mol. The van der Waals surface area contributed by atoms with Crippen LogP contribution in [-0.2, 0) is 0 Å². The monoisotopic (exact) mass is 256 g/mol. The minimum Gasteiger partial charge on any atom is -0.486 e. The molecule has 0 N–H and O–H groups in total. The Morgan fingerprint density at radius 2 is 1.79 bits per heavy atom. The largest absolute Gasteiger partial charge is 0.486 e. The van der Waals surface area contributed by atoms with E-state index in [1.807, 2.05) is 6.92 Å². The Kier molecular flexibility index (Phi) is 2.87. The normalized spacial score (nSPS) is 13.1. The molecule has 1 aliphatic rings. The van der Waals surface area contributed by atoms with Crippen molar-refractivity contribution >= 4 is 5.78 Å². The standard InChI is InChI=1S/C14H12N2O3/c1-9-7-15-14(16-8-9)13(17)10-2-3-11-12(6-10)19-5-4-18-11/h2-3,6-8H,4-5H2,1H3. The fraction of sp³-hybridized carbons (Fsp3) is 0.214. The number of fused-ring (bicyclic) bond motifs is 1. The van der Waals surface area contributed by atoms with E-state index in [-0.39, 0.29) is 11.6 Å². The van der Waals surface area contributed by atoms with E-state index in [0.29, 0.717) is 30.3 Å². The number of ketones is 1. The number of hydrogen-bond donors (Lipinski definition) is 0. The van der Waals surface area contributed by atoms with Crippen LogP contribution in [0.1, 0.15) is 21.7 Å². The number of nitrogens with zero attached hydrogens (tertiary/aromatic N) is 2. The number of aryl methyl sites for hydroxylation is 1. The van der Waals surface area contributed by atoms with E-state index in [2.05, 4.69) is 9.97 Å². The predicted octanol–water partition coefficient (Wildman–Crippen LogP) is 1.79. The molecule has 3 rings (SSSR count). The molecule has 1 aromatic heterocycles. The first-order chi connectivity index (χ1) is 9.24. The van der Waals surface area contributed by atoms with E-state index in [0.717, 1.165) is 5.56 Å². The Bertz CT molecular complexity index is 623. The molecule has 2 heterocycles. The van der Waals surface area contributed by atoms with Crippen molar-refractivity contribution in [3.63, 3.8) is 0 Å². The van der Waals surface area contributed by atoms with Crippen LogP contribution in [0.25, 0.3) is 0 Å². The summed E-state index contributed by atoms with van der Waals surface area (Å²) in [7, 11) is 0. The molecule has 0 fully saturated rings. The summed E-state index contributed by atoms with van der Waals surface area (Å²) in [6.07, 6.45) is 3.25. The first-order valence-corrected chi connectivity index (χ1v) is 5.97. The van der Waals surface area contributed by atoms with Crippen molar-refractivity contribution < 1.29 is 14.3 Å². The highest BCUT2D eigenvalue weighted by Gasteiger charge is 2.17. The Labute approximate surface area is 110 Å². The summed E-state index contributed by atoms with van der Waals surface area (Å²) >= 11 is 0. The van der Waals surface area contributed by atoms with Gasteiger partial charge in [-0.15, -0.1) is 0 Å². The van der Waals surface area contributed by atoms with Gasteiger partial charge in [0.05, 0.1) is 0 Å². The van der Waals surface area contributed by atoms with Gasteiger partial charge in [-0.05, 0) is 30.7 Å². The second-order valence-corrected chi connectivity index (χ2v) is 4.27. The number of carbonyl (C=O) groups excluding carboxylic acids is 1. The van der Waals surface area contributed by atoms with E-state index in [9.17, 15) is 4.79 Å². The molecule has 0 atom stereocenters. The van der Waals surface area contributed by atoms with Crippen LogP contribution < -0.4 is 9.47 Å². The highest BCUT2D eigenvalue weighted by atomic mass is 16.6. The maximum Gasteiger partial charge on any atom is 0.230 e. The van der Waals surface area contributed by atoms with Gasteiger partial charge in [0, 0.05) is 18.0 Å². The number of ether oxygens (including phenoxy) is 2. The zero-order chi connectivity index (χ0) is 13.2. The molecule has 0 amide bonds. The van der Waals surface area contributed by atoms with Crippen LogP contribution in [0, 0.1) is 6.92 Å². The smallest absolute Gasteiger partial charge is 0.230 e. The van der Waals surface area contributed by atoms with Gasteiger partial charge in [0.2, 0.25) is 11.6 Å². The minimum absolute atomic E-state index is 0.183. The van der Waals surface area contributed by atoms with E-state index in [1.54, 1.807) is 30.6 Å². The first kappa shape index (κ1) is 11.6. The lowest BCUT2D eigenvalue weighted by atomic mass is 10.1. The summed E-state index contributed by atoms with van der Waals surface area (Å²) in [5.74, 6) is 1.20. The maximum absolute atomic E-state index is 12.2.